The van der Waals surface area contributed by atoms with Crippen LogP contribution in [0.1, 0.15) is 47.6 Å². The van der Waals surface area contributed by atoms with Crippen molar-refractivity contribution in [1.29, 1.82) is 0 Å². The zero-order valence-corrected chi connectivity index (χ0v) is 26.0. The number of amides is 3. The normalized spacial score (nSPS) is 25.1. The number of benzene rings is 3. The molecule has 7 rings (SSSR count). The van der Waals surface area contributed by atoms with E-state index in [1.54, 1.807) is 29.3 Å². The van der Waals surface area contributed by atoms with Crippen molar-refractivity contribution in [2.45, 2.75) is 51.2 Å². The molecule has 4 atom stereocenters. The van der Waals surface area contributed by atoms with Gasteiger partial charge in [0, 0.05) is 10.4 Å². The van der Waals surface area contributed by atoms with Gasteiger partial charge in [-0.25, -0.2) is 9.91 Å². The van der Waals surface area contributed by atoms with E-state index in [0.29, 0.717) is 5.69 Å². The van der Waals surface area contributed by atoms with E-state index in [1.807, 2.05) is 6.92 Å². The summed E-state index contributed by atoms with van der Waals surface area (Å²) >= 11 is 3.39. The number of anilines is 1. The molecule has 9 nitrogen and oxygen atoms in total. The van der Waals surface area contributed by atoms with Gasteiger partial charge in [-0.1, -0.05) is 80.8 Å². The monoisotopic (exact) mass is 650 g/mol. The van der Waals surface area contributed by atoms with Gasteiger partial charge in [0.25, 0.3) is 17.7 Å². The van der Waals surface area contributed by atoms with Crippen molar-refractivity contribution in [3.05, 3.63) is 105 Å². The lowest BCUT2D eigenvalue weighted by Crippen LogP contribution is -2.45. The minimum absolute atomic E-state index is 0.0441. The molecule has 0 bridgehead atoms. The van der Waals surface area contributed by atoms with Crippen molar-refractivity contribution < 1.29 is 14.4 Å². The molecule has 3 amide bonds. The summed E-state index contributed by atoms with van der Waals surface area (Å²) < 4.78 is 0.834. The molecule has 2 fully saturated rings. The van der Waals surface area contributed by atoms with Crippen LogP contribution in [0.4, 0.5) is 5.69 Å². The molecular formula is C34H31BrN6O3. The highest BCUT2D eigenvalue weighted by Gasteiger charge is 2.55. The summed E-state index contributed by atoms with van der Waals surface area (Å²) in [6.07, 6.45) is 4.98. The first-order valence-electron chi connectivity index (χ1n) is 14.8. The lowest BCUT2D eigenvalue weighted by molar-refractivity contribution is -0.136. The van der Waals surface area contributed by atoms with Crippen LogP contribution in [-0.2, 0) is 14.4 Å². The maximum atomic E-state index is 14.1. The quantitative estimate of drug-likeness (QED) is 0.308. The number of halogens is 1. The van der Waals surface area contributed by atoms with Crippen LogP contribution < -0.4 is 4.90 Å². The molecule has 0 unspecified atom stereocenters. The predicted octanol–water partition coefficient (Wildman–Crippen LogP) is 6.18. The molecule has 3 aliphatic heterocycles. The number of fused-ring (bicyclic) bond motifs is 2. The fourth-order valence-electron chi connectivity index (χ4n) is 6.58. The molecule has 3 aromatic rings. The van der Waals surface area contributed by atoms with Crippen LogP contribution in [-0.4, -0.2) is 52.1 Å². The highest BCUT2D eigenvalue weighted by molar-refractivity contribution is 9.10. The van der Waals surface area contributed by atoms with Crippen molar-refractivity contribution in [3.8, 4) is 0 Å². The van der Waals surface area contributed by atoms with E-state index in [9.17, 15) is 14.4 Å². The topological polar surface area (TPSA) is 98.0 Å². The summed E-state index contributed by atoms with van der Waals surface area (Å²) in [4.78, 5) is 42.0. The Bertz CT molecular complexity index is 1730. The second-order valence-electron chi connectivity index (χ2n) is 11.8. The maximum Gasteiger partial charge on any atom is 0.264 e. The zero-order chi connectivity index (χ0) is 30.5. The van der Waals surface area contributed by atoms with Crippen LogP contribution in [0.25, 0.3) is 6.08 Å². The molecule has 1 saturated carbocycles. The summed E-state index contributed by atoms with van der Waals surface area (Å²) in [5.41, 5.74) is 6.99. The Hall–Kier alpha value is -4.44. The number of allylic oxidation sites excluding steroid dienone is 1. The molecule has 0 N–H and O–H groups in total. The summed E-state index contributed by atoms with van der Waals surface area (Å²) in [6.45, 7) is 3.89. The van der Waals surface area contributed by atoms with Crippen LogP contribution in [0, 0.1) is 19.8 Å². The first-order chi connectivity index (χ1) is 21.3. The first-order valence-corrected chi connectivity index (χ1v) is 15.6. The third-order valence-corrected chi connectivity index (χ3v) is 9.36. The summed E-state index contributed by atoms with van der Waals surface area (Å²) in [5, 5.41) is 16.2. The van der Waals surface area contributed by atoms with E-state index in [2.05, 4.69) is 87.8 Å². The number of carbonyl (C=O) groups excluding carboxylic acids is 3. The van der Waals surface area contributed by atoms with Crippen molar-refractivity contribution >= 4 is 51.1 Å². The van der Waals surface area contributed by atoms with Gasteiger partial charge < -0.3 is 0 Å². The molecule has 4 aliphatic rings. The lowest BCUT2D eigenvalue weighted by atomic mass is 9.77. The van der Waals surface area contributed by atoms with Crippen molar-refractivity contribution in [1.82, 2.24) is 10.0 Å². The Morgan fingerprint density at radius 3 is 2.30 bits per heavy atom. The second-order valence-corrected chi connectivity index (χ2v) is 12.8. The number of imide groups is 1. The minimum Gasteiger partial charge on any atom is -0.271 e. The molecule has 0 spiro atoms. The van der Waals surface area contributed by atoms with E-state index in [0.717, 1.165) is 56.6 Å². The minimum atomic E-state index is -0.983. The smallest absolute Gasteiger partial charge is 0.264 e. The van der Waals surface area contributed by atoms with Gasteiger partial charge in [-0.15, -0.1) is 0 Å². The van der Waals surface area contributed by atoms with Crippen molar-refractivity contribution in [2.75, 3.05) is 11.4 Å². The SMILES string of the molecule is Cc1ccc(/C=C2\CCC[C@@H]3C2=NN(C(=O)CN2N=N[C@@H]4C(=O)N(c5ccc(Br)cc5)C(=O)[C@@H]42)[C@@H]3c2ccc(C)cc2)cc1. The van der Waals surface area contributed by atoms with E-state index < -0.39 is 23.9 Å². The lowest BCUT2D eigenvalue weighted by Gasteiger charge is -2.30. The van der Waals surface area contributed by atoms with Crippen LogP contribution in [0.15, 0.2) is 98.3 Å². The van der Waals surface area contributed by atoms with Crippen molar-refractivity contribution in [3.63, 3.8) is 0 Å². The summed E-state index contributed by atoms with van der Waals surface area (Å²) in [5.74, 6) is -1.14. The average molecular weight is 652 g/mol. The molecule has 10 heteroatoms. The Labute approximate surface area is 264 Å². The van der Waals surface area contributed by atoms with Crippen LogP contribution in [0.2, 0.25) is 0 Å². The van der Waals surface area contributed by atoms with Crippen molar-refractivity contribution in [2.24, 2.45) is 21.4 Å². The molecule has 3 heterocycles. The molecule has 1 aliphatic carbocycles. The molecule has 1 saturated heterocycles. The molecule has 222 valence electrons. The Balaban J connectivity index is 1.18. The molecule has 0 radical (unpaired) electrons. The maximum absolute atomic E-state index is 14.1. The number of nitrogens with zero attached hydrogens (tertiary/aromatic N) is 6. The van der Waals surface area contributed by atoms with E-state index >= 15 is 0 Å². The van der Waals surface area contributed by atoms with Gasteiger partial charge in [0.15, 0.2) is 12.1 Å². The van der Waals surface area contributed by atoms with Crippen LogP contribution in [0.5, 0.6) is 0 Å². The number of hydrazone groups is 1. The van der Waals surface area contributed by atoms with Gasteiger partial charge >= 0.3 is 0 Å². The van der Waals surface area contributed by atoms with Crippen LogP contribution >= 0.6 is 15.9 Å². The fourth-order valence-corrected chi connectivity index (χ4v) is 6.84. The third kappa shape index (κ3) is 4.96. The summed E-state index contributed by atoms with van der Waals surface area (Å²) in [7, 11) is 0. The zero-order valence-electron chi connectivity index (χ0n) is 24.4. The number of aryl methyl sites for hydroxylation is 2. The average Bonchev–Trinajstić information content (AvgIpc) is 3.69. The second kappa shape index (κ2) is 11.2. The van der Waals surface area contributed by atoms with Gasteiger partial charge in [0.1, 0.15) is 6.54 Å². The number of carbonyl (C=O) groups is 3. The van der Waals surface area contributed by atoms with E-state index in [4.69, 9.17) is 5.10 Å². The van der Waals surface area contributed by atoms with E-state index in [1.165, 1.54) is 10.6 Å². The van der Waals surface area contributed by atoms with Gasteiger partial charge in [0.05, 0.1) is 17.4 Å². The third-order valence-electron chi connectivity index (χ3n) is 8.83. The number of hydrogen-bond donors (Lipinski definition) is 0. The largest absolute Gasteiger partial charge is 0.271 e. The highest BCUT2D eigenvalue weighted by Crippen LogP contribution is 2.45. The van der Waals surface area contributed by atoms with Gasteiger partial charge in [-0.05, 0) is 80.2 Å². The number of hydrogen-bond acceptors (Lipinski definition) is 7. The molecule has 0 aromatic heterocycles. The van der Waals surface area contributed by atoms with E-state index in [-0.39, 0.29) is 24.4 Å². The van der Waals surface area contributed by atoms with Gasteiger partial charge in [-0.3, -0.25) is 19.4 Å². The Kier molecular flexibility index (Phi) is 7.24. The van der Waals surface area contributed by atoms with Gasteiger partial charge in [0.2, 0.25) is 0 Å². The molecular weight excluding hydrogens is 620 g/mol. The van der Waals surface area contributed by atoms with Crippen LogP contribution in [0.3, 0.4) is 0 Å². The first kappa shape index (κ1) is 28.3. The number of rotatable bonds is 5. The standard InChI is InChI=1S/C34H31BrN6O3/c1-20-6-10-22(11-7-20)18-24-4-3-5-27-29(24)37-41(31(27)23-12-8-21(2)9-13-23)28(42)19-39-32-30(36-38-39)33(43)40(34(32)44)26-16-14-25(35)15-17-26/h6-18,27,30-32H,3-5,19H2,1-2H3/b24-18+/t27-,30+,31-,32-/m1/s1. The highest BCUT2D eigenvalue weighted by atomic mass is 79.9. The molecule has 44 heavy (non-hydrogen) atoms. The fraction of sp³-hybridized carbons (Fsp3) is 0.294. The summed E-state index contributed by atoms with van der Waals surface area (Å²) in [6, 6.07) is 21.3. The predicted molar refractivity (Wildman–Crippen MR) is 170 cm³/mol. The Morgan fingerprint density at radius 2 is 1.59 bits per heavy atom. The molecule has 3 aromatic carbocycles. The Morgan fingerprint density at radius 1 is 0.909 bits per heavy atom. The van der Waals surface area contributed by atoms with Gasteiger partial charge in [-0.2, -0.15) is 10.2 Å².